The van der Waals surface area contributed by atoms with Gasteiger partial charge >= 0.3 is 0 Å². The molecule has 0 aromatic heterocycles. The van der Waals surface area contributed by atoms with Gasteiger partial charge in [0.15, 0.2) is 0 Å². The molecule has 0 radical (unpaired) electrons. The van der Waals surface area contributed by atoms with Crippen LogP contribution in [0, 0.1) is 13.8 Å². The molecule has 0 heterocycles. The Morgan fingerprint density at radius 1 is 1.22 bits per heavy atom. The molecule has 0 bridgehead atoms. The molecule has 1 aromatic rings. The van der Waals surface area contributed by atoms with Gasteiger partial charge in [-0.05, 0) is 50.7 Å². The number of aryl methyl sites for hydroxylation is 1. The quantitative estimate of drug-likeness (QED) is 0.812. The number of ether oxygens (including phenoxy) is 1. The Kier molecular flexibility index (Phi) is 4.61. The number of rotatable bonds is 5. The summed E-state index contributed by atoms with van der Waals surface area (Å²) in [6.45, 7) is 4.94. The number of benzene rings is 1. The normalized spacial score (nSPS) is 16.2. The average molecular weight is 249 g/mol. The summed E-state index contributed by atoms with van der Waals surface area (Å²) >= 11 is 0. The Morgan fingerprint density at radius 2 is 1.94 bits per heavy atom. The molecule has 3 heteroatoms. The van der Waals surface area contributed by atoms with E-state index in [9.17, 15) is 0 Å². The first-order valence-electron chi connectivity index (χ1n) is 6.74. The fraction of sp³-hybridized carbons (Fsp3) is 0.600. The molecule has 0 aliphatic heterocycles. The molecular weight excluding hydrogens is 226 g/mol. The molecule has 1 aliphatic rings. The minimum absolute atomic E-state index is 0.395. The van der Waals surface area contributed by atoms with Gasteiger partial charge < -0.3 is 9.57 Å². The van der Waals surface area contributed by atoms with Crippen molar-refractivity contribution in [3.05, 3.63) is 28.8 Å². The third-order valence-corrected chi connectivity index (χ3v) is 3.75. The first-order chi connectivity index (χ1) is 8.72. The maximum atomic E-state index is 6.22. The van der Waals surface area contributed by atoms with Crippen LogP contribution >= 0.6 is 0 Å². The zero-order chi connectivity index (χ0) is 13.0. The van der Waals surface area contributed by atoms with Crippen LogP contribution in [0.15, 0.2) is 12.1 Å². The van der Waals surface area contributed by atoms with E-state index in [0.717, 1.165) is 5.75 Å². The van der Waals surface area contributed by atoms with Crippen molar-refractivity contribution in [2.24, 2.45) is 0 Å². The monoisotopic (exact) mass is 249 g/mol. The third kappa shape index (κ3) is 3.03. The SMILES string of the molecule is CONCc1ccc(C)c(C)c1OC1CCCC1. The Morgan fingerprint density at radius 3 is 2.61 bits per heavy atom. The van der Waals surface area contributed by atoms with Gasteiger partial charge in [0.25, 0.3) is 0 Å². The van der Waals surface area contributed by atoms with Crippen molar-refractivity contribution in [1.82, 2.24) is 5.48 Å². The van der Waals surface area contributed by atoms with Crippen molar-refractivity contribution in [1.29, 1.82) is 0 Å². The van der Waals surface area contributed by atoms with E-state index >= 15 is 0 Å². The molecule has 0 saturated heterocycles. The van der Waals surface area contributed by atoms with E-state index in [1.165, 1.54) is 42.4 Å². The van der Waals surface area contributed by atoms with Crippen LogP contribution in [0.25, 0.3) is 0 Å². The molecular formula is C15H23NO2. The van der Waals surface area contributed by atoms with Gasteiger partial charge in [0.2, 0.25) is 0 Å². The van der Waals surface area contributed by atoms with Gasteiger partial charge in [-0.3, -0.25) is 0 Å². The highest BCUT2D eigenvalue weighted by atomic mass is 16.6. The molecule has 1 aromatic carbocycles. The van der Waals surface area contributed by atoms with E-state index in [4.69, 9.17) is 9.57 Å². The third-order valence-electron chi connectivity index (χ3n) is 3.75. The second kappa shape index (κ2) is 6.21. The van der Waals surface area contributed by atoms with Crippen LogP contribution in [-0.4, -0.2) is 13.2 Å². The molecule has 18 heavy (non-hydrogen) atoms. The van der Waals surface area contributed by atoms with Gasteiger partial charge in [0.05, 0.1) is 13.2 Å². The van der Waals surface area contributed by atoms with Gasteiger partial charge in [-0.25, -0.2) is 0 Å². The molecule has 1 fully saturated rings. The highest BCUT2D eigenvalue weighted by Gasteiger charge is 2.19. The number of hydrogen-bond acceptors (Lipinski definition) is 3. The predicted octanol–water partition coefficient (Wildman–Crippen LogP) is 3.28. The Balaban J connectivity index is 2.19. The Hall–Kier alpha value is -1.06. The minimum Gasteiger partial charge on any atom is -0.490 e. The summed E-state index contributed by atoms with van der Waals surface area (Å²) in [5.74, 6) is 1.05. The molecule has 0 amide bonds. The smallest absolute Gasteiger partial charge is 0.127 e. The fourth-order valence-corrected chi connectivity index (χ4v) is 2.47. The van der Waals surface area contributed by atoms with E-state index in [-0.39, 0.29) is 0 Å². The standard InChI is InChI=1S/C15H23NO2/c1-11-8-9-13(10-16-17-3)15(12(11)2)18-14-6-4-5-7-14/h8-9,14,16H,4-7,10H2,1-3H3. The number of nitrogens with one attached hydrogen (secondary N) is 1. The molecule has 1 aliphatic carbocycles. The van der Waals surface area contributed by atoms with Gasteiger partial charge in [-0.2, -0.15) is 5.48 Å². The van der Waals surface area contributed by atoms with E-state index in [0.29, 0.717) is 12.6 Å². The van der Waals surface area contributed by atoms with Gasteiger partial charge in [0.1, 0.15) is 5.75 Å². The van der Waals surface area contributed by atoms with Crippen LogP contribution in [-0.2, 0) is 11.4 Å². The summed E-state index contributed by atoms with van der Waals surface area (Å²) in [4.78, 5) is 4.94. The average Bonchev–Trinajstić information content (AvgIpc) is 2.87. The van der Waals surface area contributed by atoms with Crippen molar-refractivity contribution < 1.29 is 9.57 Å². The van der Waals surface area contributed by atoms with Crippen LogP contribution in [0.5, 0.6) is 5.75 Å². The lowest BCUT2D eigenvalue weighted by Gasteiger charge is -2.20. The van der Waals surface area contributed by atoms with Gasteiger partial charge in [-0.15, -0.1) is 0 Å². The molecule has 0 unspecified atom stereocenters. The maximum absolute atomic E-state index is 6.22. The van der Waals surface area contributed by atoms with Gasteiger partial charge in [-0.1, -0.05) is 12.1 Å². The summed E-state index contributed by atoms with van der Waals surface area (Å²) in [7, 11) is 1.64. The highest BCUT2D eigenvalue weighted by Crippen LogP contribution is 2.31. The largest absolute Gasteiger partial charge is 0.490 e. The predicted molar refractivity (Wildman–Crippen MR) is 72.6 cm³/mol. The highest BCUT2D eigenvalue weighted by molar-refractivity contribution is 5.45. The van der Waals surface area contributed by atoms with Crippen molar-refractivity contribution in [2.75, 3.05) is 7.11 Å². The zero-order valence-corrected chi connectivity index (χ0v) is 11.6. The van der Waals surface area contributed by atoms with Crippen LogP contribution < -0.4 is 10.2 Å². The first kappa shape index (κ1) is 13.4. The molecule has 0 spiro atoms. The first-order valence-corrected chi connectivity index (χ1v) is 6.74. The molecule has 2 rings (SSSR count). The summed E-state index contributed by atoms with van der Waals surface area (Å²) in [6, 6.07) is 4.27. The summed E-state index contributed by atoms with van der Waals surface area (Å²) < 4.78 is 6.22. The van der Waals surface area contributed by atoms with Crippen LogP contribution in [0.4, 0.5) is 0 Å². The number of hydroxylamine groups is 1. The Labute approximate surface area is 109 Å². The fourth-order valence-electron chi connectivity index (χ4n) is 2.47. The van der Waals surface area contributed by atoms with Crippen molar-refractivity contribution >= 4 is 0 Å². The lowest BCUT2D eigenvalue weighted by atomic mass is 10.0. The number of hydrogen-bond donors (Lipinski definition) is 1. The van der Waals surface area contributed by atoms with Crippen molar-refractivity contribution in [3.63, 3.8) is 0 Å². The topological polar surface area (TPSA) is 30.5 Å². The van der Waals surface area contributed by atoms with E-state index in [1.54, 1.807) is 7.11 Å². The maximum Gasteiger partial charge on any atom is 0.127 e. The van der Waals surface area contributed by atoms with Gasteiger partial charge in [0, 0.05) is 12.1 Å². The Bertz CT molecular complexity index is 398. The lowest BCUT2D eigenvalue weighted by Crippen LogP contribution is -2.17. The van der Waals surface area contributed by atoms with E-state index in [2.05, 4.69) is 31.5 Å². The van der Waals surface area contributed by atoms with E-state index < -0.39 is 0 Å². The molecule has 100 valence electrons. The molecule has 0 atom stereocenters. The van der Waals surface area contributed by atoms with Crippen molar-refractivity contribution in [2.45, 2.75) is 52.2 Å². The summed E-state index contributed by atoms with van der Waals surface area (Å²) in [5.41, 5.74) is 6.60. The van der Waals surface area contributed by atoms with E-state index in [1.807, 2.05) is 0 Å². The van der Waals surface area contributed by atoms with Crippen molar-refractivity contribution in [3.8, 4) is 5.75 Å². The van der Waals surface area contributed by atoms with Crippen LogP contribution in [0.3, 0.4) is 0 Å². The summed E-state index contributed by atoms with van der Waals surface area (Å²) in [5, 5.41) is 0. The molecule has 1 N–H and O–H groups in total. The van der Waals surface area contributed by atoms with Crippen LogP contribution in [0.1, 0.15) is 42.4 Å². The molecule has 3 nitrogen and oxygen atoms in total. The second-order valence-corrected chi connectivity index (χ2v) is 5.05. The minimum atomic E-state index is 0.395. The second-order valence-electron chi connectivity index (χ2n) is 5.05. The van der Waals surface area contributed by atoms with Crippen LogP contribution in [0.2, 0.25) is 0 Å². The molecule has 1 saturated carbocycles. The lowest BCUT2D eigenvalue weighted by molar-refractivity contribution is 0.0853. The summed E-state index contributed by atoms with van der Waals surface area (Å²) in [6.07, 6.45) is 5.35. The zero-order valence-electron chi connectivity index (χ0n) is 11.6.